The number of rotatable bonds is 12. The Bertz CT molecular complexity index is 540. The normalized spacial score (nSPS) is 11.2. The number of hydrogen-bond donors (Lipinski definition) is 0. The molecule has 0 heterocycles. The largest absolute Gasteiger partial charge is 0.0654 e. The van der Waals surface area contributed by atoms with Gasteiger partial charge in [0.25, 0.3) is 0 Å². The highest BCUT2D eigenvalue weighted by molar-refractivity contribution is 5.82. The van der Waals surface area contributed by atoms with Gasteiger partial charge in [-0.15, -0.1) is 0 Å². The Morgan fingerprint density at radius 3 is 1.78 bits per heavy atom. The third kappa shape index (κ3) is 7.20. The molecule has 2 aromatic rings. The second-order valence-corrected chi connectivity index (χ2v) is 6.97. The van der Waals surface area contributed by atoms with Gasteiger partial charge in [-0.3, -0.25) is 0 Å². The molecule has 2 aromatic carbocycles. The summed E-state index contributed by atoms with van der Waals surface area (Å²) in [6.07, 6.45) is 16.9. The maximum absolute atomic E-state index is 2.37. The minimum Gasteiger partial charge on any atom is -0.0654 e. The van der Waals surface area contributed by atoms with Crippen molar-refractivity contribution in [1.29, 1.82) is 0 Å². The fraction of sp³-hybridized carbons (Fsp3) is 0.565. The first kappa shape index (κ1) is 18.0. The molecule has 0 N–H and O–H groups in total. The smallest absolute Gasteiger partial charge is 0.0181 e. The minimum absolute atomic E-state index is 1.24. The fourth-order valence-corrected chi connectivity index (χ4v) is 3.39. The fourth-order valence-electron chi connectivity index (χ4n) is 3.39. The van der Waals surface area contributed by atoms with Crippen LogP contribution in [0.3, 0.4) is 0 Å². The summed E-state index contributed by atoms with van der Waals surface area (Å²) in [4.78, 5) is 0. The van der Waals surface area contributed by atoms with Crippen molar-refractivity contribution in [3.63, 3.8) is 0 Å². The van der Waals surface area contributed by atoms with Crippen LogP contribution in [0.25, 0.3) is 10.8 Å². The SMILES string of the molecule is CCCCCCCCCCCCCc1ccc2ccccc2c1. The summed E-state index contributed by atoms with van der Waals surface area (Å²) in [5.74, 6) is 0. The van der Waals surface area contributed by atoms with Gasteiger partial charge in [-0.05, 0) is 29.2 Å². The van der Waals surface area contributed by atoms with Crippen LogP contribution in [0.5, 0.6) is 0 Å². The van der Waals surface area contributed by atoms with Gasteiger partial charge in [0, 0.05) is 0 Å². The van der Waals surface area contributed by atoms with Crippen LogP contribution in [0.15, 0.2) is 42.5 Å². The van der Waals surface area contributed by atoms with Gasteiger partial charge in [-0.1, -0.05) is 114 Å². The lowest BCUT2D eigenvalue weighted by atomic mass is 10.0. The lowest BCUT2D eigenvalue weighted by Gasteiger charge is -2.05. The monoisotopic (exact) mass is 310 g/mol. The van der Waals surface area contributed by atoms with Crippen LogP contribution in [0.4, 0.5) is 0 Å². The molecule has 0 saturated heterocycles. The molecule has 0 amide bonds. The molecule has 0 atom stereocenters. The van der Waals surface area contributed by atoms with E-state index >= 15 is 0 Å². The summed E-state index contributed by atoms with van der Waals surface area (Å²) >= 11 is 0. The third-order valence-electron chi connectivity index (χ3n) is 4.88. The first-order valence-corrected chi connectivity index (χ1v) is 9.88. The molecule has 23 heavy (non-hydrogen) atoms. The molecule has 0 radical (unpaired) electrons. The number of fused-ring (bicyclic) bond motifs is 1. The predicted molar refractivity (Wildman–Crippen MR) is 104 cm³/mol. The van der Waals surface area contributed by atoms with E-state index in [4.69, 9.17) is 0 Å². The molecule has 0 aliphatic heterocycles. The van der Waals surface area contributed by atoms with Crippen LogP contribution in [-0.2, 0) is 6.42 Å². The first-order valence-electron chi connectivity index (χ1n) is 9.88. The number of benzene rings is 2. The highest BCUT2D eigenvalue weighted by Gasteiger charge is 1.97. The van der Waals surface area contributed by atoms with E-state index in [1.54, 1.807) is 0 Å². The van der Waals surface area contributed by atoms with Crippen molar-refractivity contribution in [3.05, 3.63) is 48.0 Å². The van der Waals surface area contributed by atoms with Gasteiger partial charge in [0.1, 0.15) is 0 Å². The number of aryl methyl sites for hydroxylation is 1. The Hall–Kier alpha value is -1.30. The summed E-state index contributed by atoms with van der Waals surface area (Å²) in [6, 6.07) is 15.6. The molecule has 0 aliphatic carbocycles. The molecule has 0 nitrogen and oxygen atoms in total. The zero-order chi connectivity index (χ0) is 16.2. The highest BCUT2D eigenvalue weighted by Crippen LogP contribution is 2.18. The van der Waals surface area contributed by atoms with Gasteiger partial charge in [0.2, 0.25) is 0 Å². The predicted octanol–water partition coefficient (Wildman–Crippen LogP) is 7.69. The molecular weight excluding hydrogens is 276 g/mol. The molecule has 0 aromatic heterocycles. The summed E-state index contributed by atoms with van der Waals surface area (Å²) in [5.41, 5.74) is 1.50. The zero-order valence-corrected chi connectivity index (χ0v) is 15.0. The van der Waals surface area contributed by atoms with Crippen molar-refractivity contribution >= 4 is 10.8 Å². The van der Waals surface area contributed by atoms with Crippen LogP contribution >= 0.6 is 0 Å². The van der Waals surface area contributed by atoms with Crippen LogP contribution < -0.4 is 0 Å². The molecule has 2 rings (SSSR count). The standard InChI is InChI=1S/C23H34/c1-2-3-4-5-6-7-8-9-10-11-12-15-21-18-19-22-16-13-14-17-23(22)20-21/h13-14,16-20H,2-12,15H2,1H3. The molecule has 126 valence electrons. The van der Waals surface area contributed by atoms with Crippen molar-refractivity contribution in [2.24, 2.45) is 0 Å². The lowest BCUT2D eigenvalue weighted by Crippen LogP contribution is -1.87. The third-order valence-corrected chi connectivity index (χ3v) is 4.88. The average Bonchev–Trinajstić information content (AvgIpc) is 2.59. The Morgan fingerprint density at radius 1 is 0.565 bits per heavy atom. The molecular formula is C23H34. The molecule has 0 bridgehead atoms. The topological polar surface area (TPSA) is 0 Å². The molecule has 0 fully saturated rings. The van der Waals surface area contributed by atoms with E-state index < -0.39 is 0 Å². The maximum Gasteiger partial charge on any atom is -0.0181 e. The van der Waals surface area contributed by atoms with Crippen molar-refractivity contribution in [3.8, 4) is 0 Å². The Labute approximate surface area is 143 Å². The minimum atomic E-state index is 1.24. The van der Waals surface area contributed by atoms with E-state index in [-0.39, 0.29) is 0 Å². The second-order valence-electron chi connectivity index (χ2n) is 6.97. The van der Waals surface area contributed by atoms with E-state index in [0.29, 0.717) is 0 Å². The Morgan fingerprint density at radius 2 is 1.13 bits per heavy atom. The van der Waals surface area contributed by atoms with Crippen LogP contribution in [0.2, 0.25) is 0 Å². The van der Waals surface area contributed by atoms with E-state index in [1.807, 2.05) is 0 Å². The summed E-state index contributed by atoms with van der Waals surface area (Å²) < 4.78 is 0. The zero-order valence-electron chi connectivity index (χ0n) is 15.0. The number of hydrogen-bond acceptors (Lipinski definition) is 0. The van der Waals surface area contributed by atoms with Gasteiger partial charge < -0.3 is 0 Å². The van der Waals surface area contributed by atoms with Gasteiger partial charge in [-0.2, -0.15) is 0 Å². The lowest BCUT2D eigenvalue weighted by molar-refractivity contribution is 0.549. The van der Waals surface area contributed by atoms with E-state index in [9.17, 15) is 0 Å². The molecule has 0 heteroatoms. The van der Waals surface area contributed by atoms with Gasteiger partial charge in [0.15, 0.2) is 0 Å². The number of unbranched alkanes of at least 4 members (excludes halogenated alkanes) is 10. The van der Waals surface area contributed by atoms with E-state index in [0.717, 1.165) is 0 Å². The average molecular weight is 311 g/mol. The van der Waals surface area contributed by atoms with Crippen LogP contribution in [-0.4, -0.2) is 0 Å². The summed E-state index contributed by atoms with van der Waals surface area (Å²) in [5, 5.41) is 2.74. The molecule has 0 aliphatic rings. The van der Waals surface area contributed by atoms with Crippen molar-refractivity contribution in [2.45, 2.75) is 84.0 Å². The second kappa shape index (κ2) is 11.3. The molecule has 0 unspecified atom stereocenters. The van der Waals surface area contributed by atoms with E-state index in [1.165, 1.54) is 93.4 Å². The Balaban J connectivity index is 1.50. The van der Waals surface area contributed by atoms with Gasteiger partial charge >= 0.3 is 0 Å². The first-order chi connectivity index (χ1) is 11.4. The quantitative estimate of drug-likeness (QED) is 0.352. The van der Waals surface area contributed by atoms with E-state index in [2.05, 4.69) is 49.4 Å². The van der Waals surface area contributed by atoms with Crippen LogP contribution in [0.1, 0.15) is 83.1 Å². The van der Waals surface area contributed by atoms with Crippen molar-refractivity contribution in [2.75, 3.05) is 0 Å². The summed E-state index contributed by atoms with van der Waals surface area (Å²) in [6.45, 7) is 2.29. The van der Waals surface area contributed by atoms with Crippen LogP contribution in [0, 0.1) is 0 Å². The van der Waals surface area contributed by atoms with Crippen molar-refractivity contribution < 1.29 is 0 Å². The summed E-state index contributed by atoms with van der Waals surface area (Å²) in [7, 11) is 0. The Kier molecular flexibility index (Phi) is 8.84. The molecule has 0 spiro atoms. The van der Waals surface area contributed by atoms with Crippen molar-refractivity contribution in [1.82, 2.24) is 0 Å². The molecule has 0 saturated carbocycles. The highest BCUT2D eigenvalue weighted by atomic mass is 14.0. The van der Waals surface area contributed by atoms with Gasteiger partial charge in [-0.25, -0.2) is 0 Å². The maximum atomic E-state index is 2.37. The van der Waals surface area contributed by atoms with Gasteiger partial charge in [0.05, 0.1) is 0 Å².